The highest BCUT2D eigenvalue weighted by atomic mass is 16.5. The highest BCUT2D eigenvalue weighted by molar-refractivity contribution is 5.94. The summed E-state index contributed by atoms with van der Waals surface area (Å²) < 4.78 is 5.28. The minimum absolute atomic E-state index is 0.106. The van der Waals surface area contributed by atoms with Gasteiger partial charge in [0, 0.05) is 18.5 Å². The Kier molecular flexibility index (Phi) is 4.59. The molecule has 0 spiro atoms. The fraction of sp³-hybridized carbons (Fsp3) is 0.412. The molecule has 1 atom stereocenters. The number of aryl methyl sites for hydroxylation is 1. The first kappa shape index (κ1) is 16.2. The fourth-order valence-electron chi connectivity index (χ4n) is 2.91. The normalized spacial score (nSPS) is 17.3. The number of carbonyl (C=O) groups excluding carboxylic acids is 2. The van der Waals surface area contributed by atoms with Gasteiger partial charge in [-0.15, -0.1) is 0 Å². The molecule has 1 N–H and O–H groups in total. The monoisotopic (exact) mass is 328 g/mol. The zero-order valence-corrected chi connectivity index (χ0v) is 13.8. The second-order valence-corrected chi connectivity index (χ2v) is 5.84. The van der Waals surface area contributed by atoms with Crippen molar-refractivity contribution in [3.05, 3.63) is 47.1 Å². The second-order valence-electron chi connectivity index (χ2n) is 5.84. The van der Waals surface area contributed by atoms with E-state index in [1.807, 2.05) is 32.0 Å². The molecule has 7 nitrogen and oxygen atoms in total. The van der Waals surface area contributed by atoms with Gasteiger partial charge < -0.3 is 14.7 Å². The summed E-state index contributed by atoms with van der Waals surface area (Å²) in [5, 5.41) is 6.67. The van der Waals surface area contributed by atoms with E-state index in [0.29, 0.717) is 36.7 Å². The van der Waals surface area contributed by atoms with Crippen LogP contribution >= 0.6 is 0 Å². The Morgan fingerprint density at radius 1 is 1.46 bits per heavy atom. The smallest absolute Gasteiger partial charge is 0.251 e. The third kappa shape index (κ3) is 3.29. The summed E-state index contributed by atoms with van der Waals surface area (Å²) in [4.78, 5) is 30.0. The van der Waals surface area contributed by atoms with Crippen molar-refractivity contribution in [2.24, 2.45) is 0 Å². The van der Waals surface area contributed by atoms with Crippen LogP contribution in [0, 0.1) is 6.92 Å². The Bertz CT molecular complexity index is 756. The van der Waals surface area contributed by atoms with Crippen molar-refractivity contribution in [2.75, 3.05) is 6.54 Å². The van der Waals surface area contributed by atoms with Gasteiger partial charge in [0.25, 0.3) is 5.91 Å². The van der Waals surface area contributed by atoms with Crippen LogP contribution in [0.1, 0.15) is 53.4 Å². The molecule has 3 rings (SSSR count). The molecule has 0 bridgehead atoms. The highest BCUT2D eigenvalue weighted by Crippen LogP contribution is 2.31. The predicted molar refractivity (Wildman–Crippen MR) is 86.0 cm³/mol. The molecule has 1 aliphatic rings. The SMILES string of the molecule is CCN1C(=O)CC[C@H]1c1nc(CNC(=O)c2cccc(C)c2)no1. The van der Waals surface area contributed by atoms with Crippen LogP contribution in [0.2, 0.25) is 0 Å². The number of rotatable bonds is 5. The average molecular weight is 328 g/mol. The molecule has 0 unspecified atom stereocenters. The van der Waals surface area contributed by atoms with Gasteiger partial charge in [0.2, 0.25) is 11.8 Å². The Morgan fingerprint density at radius 3 is 3.04 bits per heavy atom. The molecule has 0 saturated carbocycles. The minimum Gasteiger partial charge on any atom is -0.345 e. The van der Waals surface area contributed by atoms with Crippen LogP contribution in [-0.2, 0) is 11.3 Å². The number of hydrogen-bond donors (Lipinski definition) is 1. The van der Waals surface area contributed by atoms with Gasteiger partial charge in [-0.25, -0.2) is 0 Å². The molecule has 1 aromatic carbocycles. The topological polar surface area (TPSA) is 88.3 Å². The zero-order valence-electron chi connectivity index (χ0n) is 13.8. The Morgan fingerprint density at radius 2 is 2.29 bits per heavy atom. The summed E-state index contributed by atoms with van der Waals surface area (Å²) in [7, 11) is 0. The maximum Gasteiger partial charge on any atom is 0.251 e. The summed E-state index contributed by atoms with van der Waals surface area (Å²) >= 11 is 0. The van der Waals surface area contributed by atoms with Crippen molar-refractivity contribution in [3.8, 4) is 0 Å². The number of hydrogen-bond acceptors (Lipinski definition) is 5. The van der Waals surface area contributed by atoms with Gasteiger partial charge >= 0.3 is 0 Å². The van der Waals surface area contributed by atoms with E-state index in [0.717, 1.165) is 5.56 Å². The molecular weight excluding hydrogens is 308 g/mol. The molecule has 126 valence electrons. The number of benzene rings is 1. The Hall–Kier alpha value is -2.70. The van der Waals surface area contributed by atoms with E-state index in [1.165, 1.54) is 0 Å². The lowest BCUT2D eigenvalue weighted by atomic mass is 10.1. The van der Waals surface area contributed by atoms with Gasteiger partial charge in [-0.1, -0.05) is 22.9 Å². The molecular formula is C17H20N4O3. The van der Waals surface area contributed by atoms with Crippen LogP contribution in [-0.4, -0.2) is 33.4 Å². The summed E-state index contributed by atoms with van der Waals surface area (Å²) in [6, 6.07) is 7.20. The highest BCUT2D eigenvalue weighted by Gasteiger charge is 2.34. The van der Waals surface area contributed by atoms with Gasteiger partial charge in [-0.05, 0) is 32.4 Å². The molecule has 7 heteroatoms. The molecule has 1 fully saturated rings. The van der Waals surface area contributed by atoms with E-state index in [4.69, 9.17) is 4.52 Å². The van der Waals surface area contributed by atoms with E-state index < -0.39 is 0 Å². The lowest BCUT2D eigenvalue weighted by molar-refractivity contribution is -0.129. The third-order valence-electron chi connectivity index (χ3n) is 4.13. The van der Waals surface area contributed by atoms with Crippen molar-refractivity contribution < 1.29 is 14.1 Å². The lowest BCUT2D eigenvalue weighted by Gasteiger charge is -2.19. The number of nitrogens with one attached hydrogen (secondary N) is 1. The average Bonchev–Trinajstić information content (AvgIpc) is 3.18. The quantitative estimate of drug-likeness (QED) is 0.907. The number of amides is 2. The van der Waals surface area contributed by atoms with Crippen molar-refractivity contribution in [1.82, 2.24) is 20.4 Å². The lowest BCUT2D eigenvalue weighted by Crippen LogP contribution is -2.27. The first-order valence-corrected chi connectivity index (χ1v) is 8.05. The summed E-state index contributed by atoms with van der Waals surface area (Å²) in [5.74, 6) is 0.759. The largest absolute Gasteiger partial charge is 0.345 e. The van der Waals surface area contributed by atoms with Crippen molar-refractivity contribution >= 4 is 11.8 Å². The Balaban J connectivity index is 1.62. The van der Waals surface area contributed by atoms with Crippen molar-refractivity contribution in [1.29, 1.82) is 0 Å². The van der Waals surface area contributed by atoms with Crippen LogP contribution in [0.4, 0.5) is 0 Å². The maximum absolute atomic E-state index is 12.1. The van der Waals surface area contributed by atoms with E-state index in [1.54, 1.807) is 11.0 Å². The second kappa shape index (κ2) is 6.82. The molecule has 0 aliphatic carbocycles. The molecule has 2 heterocycles. The van der Waals surface area contributed by atoms with Gasteiger partial charge in [0.1, 0.15) is 6.04 Å². The summed E-state index contributed by atoms with van der Waals surface area (Å²) in [6.07, 6.45) is 1.18. The van der Waals surface area contributed by atoms with Gasteiger partial charge in [0.15, 0.2) is 5.82 Å². The van der Waals surface area contributed by atoms with Crippen LogP contribution in [0.3, 0.4) is 0 Å². The first-order valence-electron chi connectivity index (χ1n) is 8.05. The molecule has 1 aliphatic heterocycles. The molecule has 0 radical (unpaired) electrons. The van der Waals surface area contributed by atoms with Crippen LogP contribution < -0.4 is 5.32 Å². The van der Waals surface area contributed by atoms with Gasteiger partial charge in [-0.2, -0.15) is 4.98 Å². The number of carbonyl (C=O) groups is 2. The van der Waals surface area contributed by atoms with Crippen LogP contribution in [0.5, 0.6) is 0 Å². The van der Waals surface area contributed by atoms with E-state index in [9.17, 15) is 9.59 Å². The summed E-state index contributed by atoms with van der Waals surface area (Å²) in [5.41, 5.74) is 1.62. The predicted octanol–water partition coefficient (Wildman–Crippen LogP) is 1.99. The third-order valence-corrected chi connectivity index (χ3v) is 4.13. The molecule has 2 amide bonds. The van der Waals surface area contributed by atoms with Crippen LogP contribution in [0.25, 0.3) is 0 Å². The van der Waals surface area contributed by atoms with Crippen molar-refractivity contribution in [2.45, 2.75) is 39.3 Å². The molecule has 1 aromatic heterocycles. The standard InChI is InChI=1S/C17H20N4O3/c1-3-21-13(7-8-15(21)22)17-19-14(20-24-17)10-18-16(23)12-6-4-5-11(2)9-12/h4-6,9,13H,3,7-8,10H2,1-2H3,(H,18,23)/t13-/m0/s1. The van der Waals surface area contributed by atoms with E-state index >= 15 is 0 Å². The Labute approximate surface area is 140 Å². The number of nitrogens with zero attached hydrogens (tertiary/aromatic N) is 3. The molecule has 24 heavy (non-hydrogen) atoms. The number of aromatic nitrogens is 2. The summed E-state index contributed by atoms with van der Waals surface area (Å²) in [6.45, 7) is 4.66. The zero-order chi connectivity index (χ0) is 17.1. The van der Waals surface area contributed by atoms with Crippen molar-refractivity contribution in [3.63, 3.8) is 0 Å². The van der Waals surface area contributed by atoms with E-state index in [-0.39, 0.29) is 24.4 Å². The molecule has 2 aromatic rings. The van der Waals surface area contributed by atoms with Gasteiger partial charge in [0.05, 0.1) is 6.54 Å². The van der Waals surface area contributed by atoms with E-state index in [2.05, 4.69) is 15.5 Å². The van der Waals surface area contributed by atoms with Crippen LogP contribution in [0.15, 0.2) is 28.8 Å². The minimum atomic E-state index is -0.184. The number of likely N-dealkylation sites (tertiary alicyclic amines) is 1. The molecule has 1 saturated heterocycles. The van der Waals surface area contributed by atoms with Gasteiger partial charge in [-0.3, -0.25) is 9.59 Å². The fourth-order valence-corrected chi connectivity index (χ4v) is 2.91. The first-order chi connectivity index (χ1) is 11.6. The maximum atomic E-state index is 12.1.